The van der Waals surface area contributed by atoms with Crippen molar-refractivity contribution in [1.82, 2.24) is 10.3 Å². The fraction of sp³-hybridized carbons (Fsp3) is 0.211. The summed E-state index contributed by atoms with van der Waals surface area (Å²) in [5, 5.41) is 5.31. The number of hydrogen-bond acceptors (Lipinski definition) is 5. The topological polar surface area (TPSA) is 68.3 Å². The summed E-state index contributed by atoms with van der Waals surface area (Å²) < 4.78 is 5.36. The van der Waals surface area contributed by atoms with Crippen molar-refractivity contribution in [2.75, 3.05) is 6.54 Å². The van der Waals surface area contributed by atoms with Crippen LogP contribution in [0.5, 0.6) is 0 Å². The molecule has 1 N–H and O–H groups in total. The SMILES string of the molecule is CCNC(=O)[C@@H](C)OC(=O)c1cc(-c2cccs2)nc2ccccc12. The Bertz CT molecular complexity index is 906. The second-order valence-electron chi connectivity index (χ2n) is 5.49. The molecule has 2 aromatic heterocycles. The fourth-order valence-electron chi connectivity index (χ4n) is 2.49. The number of carbonyl (C=O) groups excluding carboxylic acids is 2. The molecule has 6 heteroatoms. The Labute approximate surface area is 149 Å². The number of esters is 1. The molecular formula is C19H18N2O3S. The third-order valence-corrected chi connectivity index (χ3v) is 4.61. The van der Waals surface area contributed by atoms with Gasteiger partial charge in [0.2, 0.25) is 0 Å². The first-order valence-corrected chi connectivity index (χ1v) is 8.90. The van der Waals surface area contributed by atoms with Crippen molar-refractivity contribution in [2.24, 2.45) is 0 Å². The van der Waals surface area contributed by atoms with Crippen LogP contribution in [0.3, 0.4) is 0 Å². The van der Waals surface area contributed by atoms with Crippen LogP contribution in [0.1, 0.15) is 24.2 Å². The van der Waals surface area contributed by atoms with Gasteiger partial charge in [-0.1, -0.05) is 24.3 Å². The van der Waals surface area contributed by atoms with E-state index in [0.29, 0.717) is 28.7 Å². The summed E-state index contributed by atoms with van der Waals surface area (Å²) in [5.41, 5.74) is 1.84. The van der Waals surface area contributed by atoms with Crippen molar-refractivity contribution in [3.63, 3.8) is 0 Å². The van der Waals surface area contributed by atoms with E-state index in [0.717, 1.165) is 4.88 Å². The van der Waals surface area contributed by atoms with Gasteiger partial charge in [-0.05, 0) is 37.4 Å². The van der Waals surface area contributed by atoms with Crippen LogP contribution in [0.25, 0.3) is 21.5 Å². The van der Waals surface area contributed by atoms with Crippen molar-refractivity contribution in [1.29, 1.82) is 0 Å². The molecule has 0 spiro atoms. The highest BCUT2D eigenvalue weighted by atomic mass is 32.1. The summed E-state index contributed by atoms with van der Waals surface area (Å²) in [7, 11) is 0. The van der Waals surface area contributed by atoms with Gasteiger partial charge in [0.1, 0.15) is 0 Å². The molecule has 0 fully saturated rings. The molecule has 1 amide bonds. The van der Waals surface area contributed by atoms with E-state index < -0.39 is 12.1 Å². The highest BCUT2D eigenvalue weighted by Gasteiger charge is 2.21. The number of thiophene rings is 1. The fourth-order valence-corrected chi connectivity index (χ4v) is 3.18. The first kappa shape index (κ1) is 17.1. The average Bonchev–Trinajstić information content (AvgIpc) is 3.15. The van der Waals surface area contributed by atoms with Crippen LogP contribution in [0.4, 0.5) is 0 Å². The van der Waals surface area contributed by atoms with Crippen LogP contribution in [-0.4, -0.2) is 29.5 Å². The number of pyridine rings is 1. The van der Waals surface area contributed by atoms with Crippen LogP contribution in [-0.2, 0) is 9.53 Å². The molecule has 128 valence electrons. The maximum Gasteiger partial charge on any atom is 0.339 e. The predicted octanol–water partition coefficient (Wildman–Crippen LogP) is 3.64. The van der Waals surface area contributed by atoms with Crippen molar-refractivity contribution in [3.8, 4) is 10.6 Å². The number of aromatic nitrogens is 1. The van der Waals surface area contributed by atoms with Crippen molar-refractivity contribution in [2.45, 2.75) is 20.0 Å². The molecule has 0 radical (unpaired) electrons. The van der Waals surface area contributed by atoms with Crippen LogP contribution in [0, 0.1) is 0 Å². The molecule has 3 rings (SSSR count). The van der Waals surface area contributed by atoms with Gasteiger partial charge in [-0.25, -0.2) is 9.78 Å². The lowest BCUT2D eigenvalue weighted by Gasteiger charge is -2.14. The summed E-state index contributed by atoms with van der Waals surface area (Å²) in [5.74, 6) is -0.845. The minimum atomic E-state index is -0.857. The molecule has 0 unspecified atom stereocenters. The van der Waals surface area contributed by atoms with E-state index >= 15 is 0 Å². The molecule has 1 atom stereocenters. The van der Waals surface area contributed by atoms with Gasteiger partial charge >= 0.3 is 5.97 Å². The van der Waals surface area contributed by atoms with Gasteiger partial charge in [-0.15, -0.1) is 11.3 Å². The molecule has 3 aromatic rings. The number of fused-ring (bicyclic) bond motifs is 1. The molecule has 2 heterocycles. The Kier molecular flexibility index (Phi) is 5.09. The molecule has 0 saturated carbocycles. The lowest BCUT2D eigenvalue weighted by Crippen LogP contribution is -2.35. The third-order valence-electron chi connectivity index (χ3n) is 3.71. The second kappa shape index (κ2) is 7.44. The van der Waals surface area contributed by atoms with Gasteiger partial charge in [0, 0.05) is 11.9 Å². The molecular weight excluding hydrogens is 336 g/mol. The minimum absolute atomic E-state index is 0.312. The standard InChI is InChI=1S/C19H18N2O3S/c1-3-20-18(22)12(2)24-19(23)14-11-16(17-9-6-10-25-17)21-15-8-5-4-7-13(14)15/h4-12H,3H2,1-2H3,(H,20,22)/t12-/m1/s1. The maximum atomic E-state index is 12.7. The molecule has 5 nitrogen and oxygen atoms in total. The second-order valence-corrected chi connectivity index (χ2v) is 6.44. The molecule has 0 bridgehead atoms. The average molecular weight is 354 g/mol. The van der Waals surface area contributed by atoms with Crippen molar-refractivity contribution >= 4 is 34.1 Å². The molecule has 0 aliphatic rings. The van der Waals surface area contributed by atoms with Gasteiger partial charge in [-0.3, -0.25) is 4.79 Å². The number of nitrogens with zero attached hydrogens (tertiary/aromatic N) is 1. The summed E-state index contributed by atoms with van der Waals surface area (Å²) in [6.07, 6.45) is -0.857. The monoisotopic (exact) mass is 354 g/mol. The number of carbonyl (C=O) groups is 2. The molecule has 25 heavy (non-hydrogen) atoms. The van der Waals surface area contributed by atoms with E-state index in [2.05, 4.69) is 10.3 Å². The quantitative estimate of drug-likeness (QED) is 0.710. The Morgan fingerprint density at radius 3 is 2.76 bits per heavy atom. The van der Waals surface area contributed by atoms with E-state index in [1.807, 2.05) is 48.7 Å². The number of benzene rings is 1. The Balaban J connectivity index is 1.99. The van der Waals surface area contributed by atoms with Gasteiger partial charge in [-0.2, -0.15) is 0 Å². The number of likely N-dealkylation sites (N-methyl/N-ethyl adjacent to an activating group) is 1. The molecule has 1 aromatic carbocycles. The van der Waals surface area contributed by atoms with Gasteiger partial charge < -0.3 is 10.1 Å². The van der Waals surface area contributed by atoms with Crippen LogP contribution in [0.15, 0.2) is 47.8 Å². The molecule has 0 saturated heterocycles. The zero-order valence-electron chi connectivity index (χ0n) is 14.0. The lowest BCUT2D eigenvalue weighted by molar-refractivity contribution is -0.128. The highest BCUT2D eigenvalue weighted by Crippen LogP contribution is 2.28. The largest absolute Gasteiger partial charge is 0.449 e. The summed E-state index contributed by atoms with van der Waals surface area (Å²) in [6.45, 7) is 3.87. The Morgan fingerprint density at radius 1 is 1.24 bits per heavy atom. The van der Waals surface area contributed by atoms with E-state index in [9.17, 15) is 9.59 Å². The maximum absolute atomic E-state index is 12.7. The summed E-state index contributed by atoms with van der Waals surface area (Å²) in [4.78, 5) is 30.1. The molecule has 0 aliphatic heterocycles. The zero-order chi connectivity index (χ0) is 17.8. The number of rotatable bonds is 5. The normalized spacial score (nSPS) is 11.9. The van der Waals surface area contributed by atoms with Crippen molar-refractivity contribution in [3.05, 3.63) is 53.4 Å². The number of ether oxygens (including phenoxy) is 1. The third kappa shape index (κ3) is 3.69. The highest BCUT2D eigenvalue weighted by molar-refractivity contribution is 7.13. The van der Waals surface area contributed by atoms with E-state index in [-0.39, 0.29) is 5.91 Å². The smallest absolute Gasteiger partial charge is 0.339 e. The van der Waals surface area contributed by atoms with Crippen LogP contribution in [0.2, 0.25) is 0 Å². The number of hydrogen-bond donors (Lipinski definition) is 1. The number of para-hydroxylation sites is 1. The van der Waals surface area contributed by atoms with E-state index in [1.54, 1.807) is 24.3 Å². The summed E-state index contributed by atoms with van der Waals surface area (Å²) >= 11 is 1.55. The van der Waals surface area contributed by atoms with Gasteiger partial charge in [0.05, 0.1) is 21.7 Å². The minimum Gasteiger partial charge on any atom is -0.449 e. The van der Waals surface area contributed by atoms with Crippen molar-refractivity contribution < 1.29 is 14.3 Å². The van der Waals surface area contributed by atoms with Gasteiger partial charge in [0.15, 0.2) is 6.10 Å². The summed E-state index contributed by atoms with van der Waals surface area (Å²) in [6, 6.07) is 13.0. The van der Waals surface area contributed by atoms with Crippen LogP contribution >= 0.6 is 11.3 Å². The number of amides is 1. The zero-order valence-corrected chi connectivity index (χ0v) is 14.8. The Morgan fingerprint density at radius 2 is 2.04 bits per heavy atom. The van der Waals surface area contributed by atoms with E-state index in [1.165, 1.54) is 0 Å². The van der Waals surface area contributed by atoms with Gasteiger partial charge in [0.25, 0.3) is 5.91 Å². The van der Waals surface area contributed by atoms with Crippen LogP contribution < -0.4 is 5.32 Å². The number of nitrogens with one attached hydrogen (secondary N) is 1. The predicted molar refractivity (Wildman–Crippen MR) is 98.6 cm³/mol. The first-order valence-electron chi connectivity index (χ1n) is 8.02. The first-order chi connectivity index (χ1) is 12.1. The Hall–Kier alpha value is -2.73. The lowest BCUT2D eigenvalue weighted by atomic mass is 10.1. The molecule has 0 aliphatic carbocycles. The van der Waals surface area contributed by atoms with E-state index in [4.69, 9.17) is 4.74 Å².